The largest absolute Gasteiger partial charge is 0.396 e. The molecule has 1 aliphatic heterocycles. The molecule has 0 amide bonds. The van der Waals surface area contributed by atoms with Crippen molar-refractivity contribution >= 4 is 0 Å². The molecule has 18 heavy (non-hydrogen) atoms. The molecule has 0 spiro atoms. The van der Waals surface area contributed by atoms with Crippen molar-refractivity contribution in [3.05, 3.63) is 0 Å². The standard InChI is InChI=1S/C10H20O8/c11-2-1-5(13)4-17-10-9(16)8(15)7(14)6(3-12)18-10/h5-16H,1-4H2/t5-,6+,7+,8-,9+,10+/m0/s1. The summed E-state index contributed by atoms with van der Waals surface area (Å²) < 4.78 is 10.1. The lowest BCUT2D eigenvalue weighted by Crippen LogP contribution is -2.59. The van der Waals surface area contributed by atoms with Crippen LogP contribution < -0.4 is 0 Å². The maximum Gasteiger partial charge on any atom is 0.186 e. The van der Waals surface area contributed by atoms with Crippen molar-refractivity contribution in [3.8, 4) is 0 Å². The Balaban J connectivity index is 2.49. The monoisotopic (exact) mass is 268 g/mol. The van der Waals surface area contributed by atoms with Crippen LogP contribution in [0.2, 0.25) is 0 Å². The van der Waals surface area contributed by atoms with Crippen LogP contribution in [-0.4, -0.2) is 87.3 Å². The Morgan fingerprint density at radius 2 is 1.72 bits per heavy atom. The SMILES string of the molecule is OCC[C@H](O)CO[C@@H]1O[C@H](CO)[C@@H](O)[C@H](O)[C@H]1O. The van der Waals surface area contributed by atoms with Gasteiger partial charge in [-0.05, 0) is 6.42 Å². The first-order valence-corrected chi connectivity index (χ1v) is 5.72. The minimum absolute atomic E-state index is 0.109. The van der Waals surface area contributed by atoms with E-state index in [0.717, 1.165) is 0 Å². The zero-order chi connectivity index (χ0) is 13.7. The molecule has 0 aliphatic carbocycles. The Hall–Kier alpha value is -0.320. The van der Waals surface area contributed by atoms with Crippen LogP contribution in [0.5, 0.6) is 0 Å². The molecule has 1 saturated heterocycles. The molecule has 6 atom stereocenters. The summed E-state index contributed by atoms with van der Waals surface area (Å²) in [6.45, 7) is -0.952. The van der Waals surface area contributed by atoms with Crippen molar-refractivity contribution in [2.45, 2.75) is 43.2 Å². The zero-order valence-electron chi connectivity index (χ0n) is 9.79. The van der Waals surface area contributed by atoms with E-state index in [4.69, 9.17) is 19.7 Å². The molecule has 8 nitrogen and oxygen atoms in total. The number of ether oxygens (including phenoxy) is 2. The minimum Gasteiger partial charge on any atom is -0.396 e. The van der Waals surface area contributed by atoms with E-state index in [-0.39, 0.29) is 19.6 Å². The van der Waals surface area contributed by atoms with E-state index < -0.39 is 43.4 Å². The summed E-state index contributed by atoms with van der Waals surface area (Å²) in [5.74, 6) is 0. The summed E-state index contributed by atoms with van der Waals surface area (Å²) in [5.41, 5.74) is 0. The van der Waals surface area contributed by atoms with Crippen molar-refractivity contribution < 1.29 is 40.1 Å². The Kier molecular flexibility index (Phi) is 6.39. The minimum atomic E-state index is -1.50. The van der Waals surface area contributed by atoms with Crippen molar-refractivity contribution in [3.63, 3.8) is 0 Å². The highest BCUT2D eigenvalue weighted by Crippen LogP contribution is 2.22. The van der Waals surface area contributed by atoms with E-state index in [2.05, 4.69) is 0 Å². The molecule has 0 aromatic carbocycles. The second-order valence-electron chi connectivity index (χ2n) is 4.20. The second kappa shape index (κ2) is 7.31. The summed E-state index contributed by atoms with van der Waals surface area (Å²) in [6.07, 6.45) is -7.54. The highest BCUT2D eigenvalue weighted by molar-refractivity contribution is 4.88. The van der Waals surface area contributed by atoms with Gasteiger partial charge in [0.1, 0.15) is 24.4 Å². The van der Waals surface area contributed by atoms with Gasteiger partial charge in [-0.25, -0.2) is 0 Å². The lowest BCUT2D eigenvalue weighted by Gasteiger charge is -2.39. The summed E-state index contributed by atoms with van der Waals surface area (Å²) in [7, 11) is 0. The third-order valence-electron chi connectivity index (χ3n) is 2.76. The molecule has 0 aromatic rings. The summed E-state index contributed by atoms with van der Waals surface area (Å²) in [5, 5.41) is 55.4. The Labute approximate surface area is 104 Å². The fourth-order valence-electron chi connectivity index (χ4n) is 1.64. The molecule has 0 radical (unpaired) electrons. The van der Waals surface area contributed by atoms with Gasteiger partial charge < -0.3 is 40.1 Å². The van der Waals surface area contributed by atoms with Crippen molar-refractivity contribution in [2.24, 2.45) is 0 Å². The zero-order valence-corrected chi connectivity index (χ0v) is 9.79. The van der Waals surface area contributed by atoms with Gasteiger partial charge in [-0.1, -0.05) is 0 Å². The van der Waals surface area contributed by atoms with Crippen molar-refractivity contribution in [1.29, 1.82) is 0 Å². The lowest BCUT2D eigenvalue weighted by molar-refractivity contribution is -0.304. The highest BCUT2D eigenvalue weighted by atomic mass is 16.7. The third-order valence-corrected chi connectivity index (χ3v) is 2.76. The Bertz CT molecular complexity index is 236. The first-order valence-electron chi connectivity index (χ1n) is 5.72. The molecule has 0 saturated carbocycles. The maximum atomic E-state index is 9.59. The highest BCUT2D eigenvalue weighted by Gasteiger charge is 2.44. The Morgan fingerprint density at radius 3 is 2.28 bits per heavy atom. The average molecular weight is 268 g/mol. The van der Waals surface area contributed by atoms with Gasteiger partial charge in [-0.15, -0.1) is 0 Å². The molecule has 1 fully saturated rings. The van der Waals surface area contributed by atoms with Gasteiger partial charge in [0.15, 0.2) is 6.29 Å². The molecule has 1 heterocycles. The molecule has 1 aliphatic rings. The van der Waals surface area contributed by atoms with Gasteiger partial charge in [0.05, 0.1) is 19.3 Å². The quantitative estimate of drug-likeness (QED) is 0.292. The molecule has 0 bridgehead atoms. The number of rotatable bonds is 6. The fraction of sp³-hybridized carbons (Fsp3) is 1.00. The second-order valence-corrected chi connectivity index (χ2v) is 4.20. The molecule has 6 N–H and O–H groups in total. The van der Waals surface area contributed by atoms with Gasteiger partial charge in [0.25, 0.3) is 0 Å². The van der Waals surface area contributed by atoms with Crippen LogP contribution in [0.1, 0.15) is 6.42 Å². The van der Waals surface area contributed by atoms with Crippen LogP contribution in [0.3, 0.4) is 0 Å². The average Bonchev–Trinajstić information content (AvgIpc) is 2.35. The maximum absolute atomic E-state index is 9.59. The van der Waals surface area contributed by atoms with Gasteiger partial charge in [0, 0.05) is 6.61 Å². The molecule has 0 aromatic heterocycles. The van der Waals surface area contributed by atoms with E-state index in [0.29, 0.717) is 0 Å². The molecule has 1 rings (SSSR count). The molecular formula is C10H20O8. The van der Waals surface area contributed by atoms with Crippen LogP contribution >= 0.6 is 0 Å². The summed E-state index contributed by atoms with van der Waals surface area (Å²) >= 11 is 0. The molecular weight excluding hydrogens is 248 g/mol. The molecule has 8 heteroatoms. The molecule has 108 valence electrons. The third kappa shape index (κ3) is 3.84. The van der Waals surface area contributed by atoms with Crippen molar-refractivity contribution in [2.75, 3.05) is 19.8 Å². The van der Waals surface area contributed by atoms with E-state index >= 15 is 0 Å². The van der Waals surface area contributed by atoms with Crippen LogP contribution in [0.25, 0.3) is 0 Å². The smallest absolute Gasteiger partial charge is 0.186 e. The normalized spacial score (nSPS) is 38.7. The lowest BCUT2D eigenvalue weighted by atomic mass is 9.99. The number of hydrogen-bond acceptors (Lipinski definition) is 8. The van der Waals surface area contributed by atoms with E-state index in [1.807, 2.05) is 0 Å². The van der Waals surface area contributed by atoms with E-state index in [9.17, 15) is 20.4 Å². The van der Waals surface area contributed by atoms with Gasteiger partial charge >= 0.3 is 0 Å². The summed E-state index contributed by atoms with van der Waals surface area (Å²) in [6, 6.07) is 0. The Morgan fingerprint density at radius 1 is 1.06 bits per heavy atom. The predicted octanol–water partition coefficient (Wildman–Crippen LogP) is -3.45. The summed E-state index contributed by atoms with van der Waals surface area (Å²) in [4.78, 5) is 0. The topological polar surface area (TPSA) is 140 Å². The fourth-order valence-corrected chi connectivity index (χ4v) is 1.64. The van der Waals surface area contributed by atoms with Gasteiger partial charge in [0.2, 0.25) is 0 Å². The van der Waals surface area contributed by atoms with E-state index in [1.165, 1.54) is 0 Å². The molecule has 0 unspecified atom stereocenters. The van der Waals surface area contributed by atoms with Gasteiger partial charge in [-0.2, -0.15) is 0 Å². The number of aliphatic hydroxyl groups excluding tert-OH is 6. The predicted molar refractivity (Wildman–Crippen MR) is 57.4 cm³/mol. The van der Waals surface area contributed by atoms with Crippen LogP contribution in [0.15, 0.2) is 0 Å². The first kappa shape index (κ1) is 15.7. The van der Waals surface area contributed by atoms with Crippen LogP contribution in [0, 0.1) is 0 Å². The van der Waals surface area contributed by atoms with Crippen LogP contribution in [0.4, 0.5) is 0 Å². The van der Waals surface area contributed by atoms with Crippen LogP contribution in [-0.2, 0) is 9.47 Å². The number of aliphatic hydroxyl groups is 6. The first-order chi connectivity index (χ1) is 8.51. The van der Waals surface area contributed by atoms with E-state index in [1.54, 1.807) is 0 Å². The number of hydrogen-bond donors (Lipinski definition) is 6. The van der Waals surface area contributed by atoms with Gasteiger partial charge in [-0.3, -0.25) is 0 Å². The van der Waals surface area contributed by atoms with Crippen molar-refractivity contribution in [1.82, 2.24) is 0 Å².